The molecular formula is C22H43N5O12. The van der Waals surface area contributed by atoms with Crippen molar-refractivity contribution < 1.29 is 59.5 Å². The van der Waals surface area contributed by atoms with E-state index >= 15 is 0 Å². The van der Waals surface area contributed by atoms with Gasteiger partial charge in [0, 0.05) is 19.1 Å². The number of aliphatic hydroxyl groups excluding tert-OH is 6. The van der Waals surface area contributed by atoms with Crippen molar-refractivity contribution in [1.82, 2.24) is 10.6 Å². The summed E-state index contributed by atoms with van der Waals surface area (Å²) in [5.74, 6) is -0.875. The molecule has 1 amide bonds. The SMILES string of the molecule is CN[C@@H]1[C@@H](O)[C@@H](O[C@@H]2[C@@H](O)[C@H](O[C@H]3O[C@H](CN)[C@@H](O)[C@H](O)[C@H]3O)[C@@H](NC(=O)[C@@H](O)CN)C[C@H]2N)OC[C@]1(C)O. The zero-order valence-electron chi connectivity index (χ0n) is 21.8. The number of ether oxygens (including phenoxy) is 4. The molecule has 0 unspecified atom stereocenters. The Labute approximate surface area is 225 Å². The summed E-state index contributed by atoms with van der Waals surface area (Å²) in [5.41, 5.74) is 15.8. The Kier molecular flexibility index (Phi) is 11.0. The largest absolute Gasteiger partial charge is 0.388 e. The summed E-state index contributed by atoms with van der Waals surface area (Å²) < 4.78 is 22.7. The number of carbonyl (C=O) groups is 1. The van der Waals surface area contributed by atoms with Crippen molar-refractivity contribution in [3.8, 4) is 0 Å². The smallest absolute Gasteiger partial charge is 0.250 e. The lowest BCUT2D eigenvalue weighted by Gasteiger charge is -2.49. The Morgan fingerprint density at radius 1 is 1.03 bits per heavy atom. The van der Waals surface area contributed by atoms with Gasteiger partial charge >= 0.3 is 0 Å². The molecule has 39 heavy (non-hydrogen) atoms. The molecule has 3 rings (SSSR count). The van der Waals surface area contributed by atoms with Crippen molar-refractivity contribution in [1.29, 1.82) is 0 Å². The first-order valence-corrected chi connectivity index (χ1v) is 12.8. The van der Waals surface area contributed by atoms with Crippen molar-refractivity contribution in [2.24, 2.45) is 17.2 Å². The van der Waals surface area contributed by atoms with Gasteiger partial charge in [0.2, 0.25) is 5.91 Å². The van der Waals surface area contributed by atoms with Crippen molar-refractivity contribution in [2.45, 2.75) is 105 Å². The second-order valence-electron chi connectivity index (χ2n) is 10.5. The van der Waals surface area contributed by atoms with Gasteiger partial charge in [-0.1, -0.05) is 0 Å². The molecule has 15 N–H and O–H groups in total. The topological polar surface area (TPSA) is 298 Å². The number of amides is 1. The molecule has 0 aromatic rings. The minimum Gasteiger partial charge on any atom is -0.388 e. The van der Waals surface area contributed by atoms with Crippen LogP contribution < -0.4 is 27.8 Å². The van der Waals surface area contributed by atoms with E-state index < -0.39 is 97.1 Å². The number of hydrogen-bond donors (Lipinski definition) is 12. The molecule has 2 saturated heterocycles. The summed E-state index contributed by atoms with van der Waals surface area (Å²) in [7, 11) is 1.54. The fourth-order valence-electron chi connectivity index (χ4n) is 5.22. The van der Waals surface area contributed by atoms with Crippen molar-refractivity contribution >= 4 is 5.91 Å². The quantitative estimate of drug-likeness (QED) is 0.123. The second-order valence-corrected chi connectivity index (χ2v) is 10.5. The van der Waals surface area contributed by atoms with E-state index in [9.17, 15) is 40.5 Å². The van der Waals surface area contributed by atoms with Gasteiger partial charge in [0.25, 0.3) is 0 Å². The van der Waals surface area contributed by atoms with Gasteiger partial charge in [-0.2, -0.15) is 0 Å². The summed E-state index contributed by atoms with van der Waals surface area (Å²) in [5, 5.41) is 78.6. The van der Waals surface area contributed by atoms with Crippen LogP contribution in [0.15, 0.2) is 0 Å². The van der Waals surface area contributed by atoms with E-state index in [0.29, 0.717) is 0 Å². The van der Waals surface area contributed by atoms with Gasteiger partial charge in [0.05, 0.1) is 18.7 Å². The highest BCUT2D eigenvalue weighted by Gasteiger charge is 2.53. The molecule has 3 fully saturated rings. The highest BCUT2D eigenvalue weighted by Crippen LogP contribution is 2.32. The zero-order chi connectivity index (χ0) is 29.2. The van der Waals surface area contributed by atoms with Crippen LogP contribution in [-0.4, -0.2) is 160 Å². The van der Waals surface area contributed by atoms with E-state index in [1.807, 2.05) is 0 Å². The predicted octanol–water partition coefficient (Wildman–Crippen LogP) is -7.52. The summed E-state index contributed by atoms with van der Waals surface area (Å²) in [6, 6.07) is -2.88. The molecule has 0 aromatic heterocycles. The van der Waals surface area contributed by atoms with Crippen LogP contribution in [0.25, 0.3) is 0 Å². The van der Waals surface area contributed by atoms with Crippen LogP contribution in [-0.2, 0) is 23.7 Å². The molecule has 0 bridgehead atoms. The van der Waals surface area contributed by atoms with Gasteiger partial charge in [-0.3, -0.25) is 4.79 Å². The maximum Gasteiger partial charge on any atom is 0.250 e. The number of nitrogens with one attached hydrogen (secondary N) is 2. The first-order chi connectivity index (χ1) is 18.3. The molecular weight excluding hydrogens is 526 g/mol. The van der Waals surface area contributed by atoms with Crippen molar-refractivity contribution in [2.75, 3.05) is 26.7 Å². The molecule has 3 aliphatic rings. The average molecular weight is 570 g/mol. The number of carbonyl (C=O) groups excluding carboxylic acids is 1. The molecule has 0 aromatic carbocycles. The van der Waals surface area contributed by atoms with E-state index in [4.69, 9.17) is 36.1 Å². The Bertz CT molecular complexity index is 811. The van der Waals surface area contributed by atoms with Crippen LogP contribution in [0.2, 0.25) is 0 Å². The Balaban J connectivity index is 1.84. The molecule has 0 spiro atoms. The third-order valence-electron chi connectivity index (χ3n) is 7.50. The van der Waals surface area contributed by atoms with Crippen LogP contribution >= 0.6 is 0 Å². The standard InChI is InChI=1S/C22H43N5O12/c1-22(35)6-36-20(15(33)18(22)26-2)38-16-7(25)3-8(27-19(34)9(28)4-23)17(14(16)32)39-21-13(31)12(30)11(29)10(5-24)37-21/h7-18,20-21,26,28-33,35H,3-6,23-25H2,1-2H3,(H,27,34)/t7-,8+,9+,10-,11-,12+,13-,14-,15-,16+,17-,18-,20-,21-,22+/m1/s1. The summed E-state index contributed by atoms with van der Waals surface area (Å²) >= 11 is 0. The molecule has 2 heterocycles. The van der Waals surface area contributed by atoms with E-state index in [1.165, 1.54) is 14.0 Å². The number of rotatable bonds is 9. The van der Waals surface area contributed by atoms with Gasteiger partial charge in [0.1, 0.15) is 60.5 Å². The lowest BCUT2D eigenvalue weighted by molar-refractivity contribution is -0.330. The summed E-state index contributed by atoms with van der Waals surface area (Å²) in [6.45, 7) is 0.642. The van der Waals surface area contributed by atoms with E-state index in [1.54, 1.807) is 0 Å². The van der Waals surface area contributed by atoms with Gasteiger partial charge in [-0.05, 0) is 20.4 Å². The van der Waals surface area contributed by atoms with Gasteiger partial charge in [0.15, 0.2) is 12.6 Å². The Hall–Kier alpha value is -1.13. The van der Waals surface area contributed by atoms with Crippen LogP contribution in [0.1, 0.15) is 13.3 Å². The third-order valence-corrected chi connectivity index (χ3v) is 7.50. The molecule has 15 atom stereocenters. The Morgan fingerprint density at radius 2 is 1.67 bits per heavy atom. The predicted molar refractivity (Wildman–Crippen MR) is 130 cm³/mol. The van der Waals surface area contributed by atoms with E-state index in [-0.39, 0.29) is 26.1 Å². The van der Waals surface area contributed by atoms with Crippen molar-refractivity contribution in [3.05, 3.63) is 0 Å². The van der Waals surface area contributed by atoms with Crippen LogP contribution in [0.5, 0.6) is 0 Å². The second kappa shape index (κ2) is 13.2. The lowest BCUT2D eigenvalue weighted by atomic mass is 9.83. The van der Waals surface area contributed by atoms with Gasteiger partial charge in [-0.25, -0.2) is 0 Å². The minimum absolute atomic E-state index is 0.0836. The number of aliphatic hydroxyl groups is 7. The highest BCUT2D eigenvalue weighted by atomic mass is 16.7. The number of likely N-dealkylation sites (N-methyl/N-ethyl adjacent to an activating group) is 1. The molecule has 17 nitrogen and oxygen atoms in total. The molecule has 228 valence electrons. The molecule has 0 radical (unpaired) electrons. The fraction of sp³-hybridized carbons (Fsp3) is 0.955. The third kappa shape index (κ3) is 6.85. The maximum atomic E-state index is 12.4. The van der Waals surface area contributed by atoms with Crippen LogP contribution in [0, 0.1) is 0 Å². The van der Waals surface area contributed by atoms with E-state index in [2.05, 4.69) is 10.6 Å². The van der Waals surface area contributed by atoms with Crippen LogP contribution in [0.4, 0.5) is 0 Å². The number of hydrogen-bond acceptors (Lipinski definition) is 16. The van der Waals surface area contributed by atoms with Gasteiger partial charge < -0.3 is 82.5 Å². The highest BCUT2D eigenvalue weighted by molar-refractivity contribution is 5.81. The van der Waals surface area contributed by atoms with E-state index in [0.717, 1.165) is 0 Å². The normalized spacial score (nSPS) is 47.9. The first kappa shape index (κ1) is 32.4. The van der Waals surface area contributed by atoms with Gasteiger partial charge in [-0.15, -0.1) is 0 Å². The maximum absolute atomic E-state index is 12.4. The fourth-order valence-corrected chi connectivity index (χ4v) is 5.22. The molecule has 1 aliphatic carbocycles. The molecule has 17 heteroatoms. The lowest BCUT2D eigenvalue weighted by Crippen LogP contribution is -2.70. The monoisotopic (exact) mass is 569 g/mol. The first-order valence-electron chi connectivity index (χ1n) is 12.8. The van der Waals surface area contributed by atoms with Crippen LogP contribution in [0.3, 0.4) is 0 Å². The zero-order valence-corrected chi connectivity index (χ0v) is 21.8. The average Bonchev–Trinajstić information content (AvgIpc) is 2.89. The summed E-state index contributed by atoms with van der Waals surface area (Å²) in [4.78, 5) is 12.4. The molecule has 1 saturated carbocycles. The van der Waals surface area contributed by atoms with Crippen molar-refractivity contribution in [3.63, 3.8) is 0 Å². The number of nitrogens with two attached hydrogens (primary N) is 3. The summed E-state index contributed by atoms with van der Waals surface area (Å²) in [6.07, 6.45) is -16.4. The Morgan fingerprint density at radius 3 is 2.26 bits per heavy atom. The minimum atomic E-state index is -1.77. The molecule has 2 aliphatic heterocycles.